The molecule has 7 nitrogen and oxygen atoms in total. The van der Waals surface area contributed by atoms with Crippen LogP contribution in [0.3, 0.4) is 0 Å². The van der Waals surface area contributed by atoms with Gasteiger partial charge in [0.2, 0.25) is 10.0 Å². The zero-order valence-electron chi connectivity index (χ0n) is 15.7. The van der Waals surface area contributed by atoms with Gasteiger partial charge < -0.3 is 4.90 Å². The smallest absolute Gasteiger partial charge is 0.244 e. The van der Waals surface area contributed by atoms with Gasteiger partial charge in [0.05, 0.1) is 10.7 Å². The van der Waals surface area contributed by atoms with Gasteiger partial charge >= 0.3 is 0 Å². The highest BCUT2D eigenvalue weighted by Gasteiger charge is 2.27. The molecule has 0 bridgehead atoms. The summed E-state index contributed by atoms with van der Waals surface area (Å²) in [5.74, 6) is 0.824. The summed E-state index contributed by atoms with van der Waals surface area (Å²) < 4.78 is 26.8. The quantitative estimate of drug-likeness (QED) is 0.737. The minimum absolute atomic E-state index is 0.283. The molecule has 0 atom stereocenters. The molecule has 150 valence electrons. The lowest BCUT2D eigenvalue weighted by Gasteiger charge is -2.35. The number of piperazine rings is 1. The molecule has 9 heteroatoms. The Balaban J connectivity index is 1.35. The van der Waals surface area contributed by atoms with E-state index >= 15 is 0 Å². The van der Waals surface area contributed by atoms with Crippen molar-refractivity contribution in [1.29, 1.82) is 0 Å². The van der Waals surface area contributed by atoms with E-state index in [-0.39, 0.29) is 4.90 Å². The number of aromatic nitrogens is 2. The van der Waals surface area contributed by atoms with Gasteiger partial charge in [0.1, 0.15) is 10.7 Å². The second kappa shape index (κ2) is 8.32. The summed E-state index contributed by atoms with van der Waals surface area (Å²) in [6.45, 7) is 5.51. The summed E-state index contributed by atoms with van der Waals surface area (Å²) in [6.07, 6.45) is 5.03. The Kier molecular flexibility index (Phi) is 5.82. The molecule has 2 aromatic rings. The van der Waals surface area contributed by atoms with Crippen LogP contribution in [0.15, 0.2) is 41.6 Å². The van der Waals surface area contributed by atoms with Crippen molar-refractivity contribution in [3.05, 3.63) is 47.4 Å². The highest BCUT2D eigenvalue weighted by Crippen LogP contribution is 2.22. The lowest BCUT2D eigenvalue weighted by atomic mass is 10.2. The van der Waals surface area contributed by atoms with Crippen molar-refractivity contribution in [3.8, 4) is 0 Å². The van der Waals surface area contributed by atoms with Crippen molar-refractivity contribution in [1.82, 2.24) is 19.2 Å². The molecule has 0 spiro atoms. The number of hydrogen-bond donors (Lipinski definition) is 0. The summed E-state index contributed by atoms with van der Waals surface area (Å²) >= 11 is 5.89. The second-order valence-electron chi connectivity index (χ2n) is 7.19. The van der Waals surface area contributed by atoms with Gasteiger partial charge in [0.15, 0.2) is 0 Å². The molecule has 2 saturated heterocycles. The first-order valence-corrected chi connectivity index (χ1v) is 11.4. The van der Waals surface area contributed by atoms with Crippen molar-refractivity contribution >= 4 is 27.4 Å². The molecule has 0 N–H and O–H groups in total. The number of rotatable bonds is 5. The summed E-state index contributed by atoms with van der Waals surface area (Å²) in [7, 11) is -3.40. The highest BCUT2D eigenvalue weighted by atomic mass is 35.5. The van der Waals surface area contributed by atoms with Gasteiger partial charge in [-0.25, -0.2) is 13.4 Å². The third-order valence-electron chi connectivity index (χ3n) is 5.29. The lowest BCUT2D eigenvalue weighted by molar-refractivity contribution is 0.246. The van der Waals surface area contributed by atoms with Crippen LogP contribution in [-0.4, -0.2) is 66.9 Å². The van der Waals surface area contributed by atoms with Crippen LogP contribution in [0.4, 0.5) is 5.82 Å². The molecule has 2 aliphatic heterocycles. The first-order valence-electron chi connectivity index (χ1n) is 9.56. The monoisotopic (exact) mass is 421 g/mol. The molecule has 2 aliphatic rings. The maximum atomic E-state index is 12.6. The zero-order valence-corrected chi connectivity index (χ0v) is 17.2. The van der Waals surface area contributed by atoms with Gasteiger partial charge in [-0.1, -0.05) is 11.6 Å². The lowest BCUT2D eigenvalue weighted by Crippen LogP contribution is -2.46. The fourth-order valence-corrected chi connectivity index (χ4v) is 5.23. The molecule has 4 heterocycles. The van der Waals surface area contributed by atoms with Crippen molar-refractivity contribution in [2.45, 2.75) is 24.3 Å². The molecule has 0 unspecified atom stereocenters. The van der Waals surface area contributed by atoms with Crippen LogP contribution in [0.1, 0.15) is 18.5 Å². The van der Waals surface area contributed by atoms with Crippen LogP contribution in [0, 0.1) is 0 Å². The van der Waals surface area contributed by atoms with E-state index in [1.54, 1.807) is 16.6 Å². The average molecular weight is 422 g/mol. The first kappa shape index (κ1) is 19.6. The Hall–Kier alpha value is -1.74. The topological polar surface area (TPSA) is 69.6 Å². The minimum Gasteiger partial charge on any atom is -0.354 e. The van der Waals surface area contributed by atoms with Crippen molar-refractivity contribution in [2.75, 3.05) is 44.2 Å². The summed E-state index contributed by atoms with van der Waals surface area (Å²) in [6, 6.07) is 7.32. The zero-order chi connectivity index (χ0) is 19.6. The van der Waals surface area contributed by atoms with Crippen LogP contribution in [0.5, 0.6) is 0 Å². The molecule has 4 rings (SSSR count). The van der Waals surface area contributed by atoms with Gasteiger partial charge in [0.25, 0.3) is 0 Å². The van der Waals surface area contributed by atoms with Gasteiger partial charge in [-0.15, -0.1) is 0 Å². The third kappa shape index (κ3) is 4.30. The average Bonchev–Trinajstić information content (AvgIpc) is 3.26. The Morgan fingerprint density at radius 3 is 2.25 bits per heavy atom. The number of sulfonamides is 1. The standard InChI is InChI=1S/C19H24ClN5O2S/c20-16-3-4-17(21-13-16)15-23-9-11-24(12-10-23)19-6-5-18(14-22-19)28(26,27)25-7-1-2-8-25/h3-6,13-14H,1-2,7-12,15H2. The number of pyridine rings is 2. The first-order chi connectivity index (χ1) is 13.5. The number of nitrogens with zero attached hydrogens (tertiary/aromatic N) is 5. The third-order valence-corrected chi connectivity index (χ3v) is 7.40. The van der Waals surface area contributed by atoms with E-state index in [0.717, 1.165) is 57.1 Å². The molecule has 28 heavy (non-hydrogen) atoms. The fraction of sp³-hybridized carbons (Fsp3) is 0.474. The number of anilines is 1. The normalized spacial score (nSPS) is 19.2. The summed E-state index contributed by atoms with van der Waals surface area (Å²) in [5.41, 5.74) is 1.01. The highest BCUT2D eigenvalue weighted by molar-refractivity contribution is 7.89. The Labute approximate surface area is 171 Å². The van der Waals surface area contributed by atoms with E-state index in [1.165, 1.54) is 6.20 Å². The van der Waals surface area contributed by atoms with Gasteiger partial charge in [-0.05, 0) is 37.1 Å². The summed E-state index contributed by atoms with van der Waals surface area (Å²) in [4.78, 5) is 13.6. The van der Waals surface area contributed by atoms with Gasteiger partial charge in [0, 0.05) is 58.2 Å². The van der Waals surface area contributed by atoms with E-state index in [1.807, 2.05) is 18.2 Å². The maximum absolute atomic E-state index is 12.6. The Morgan fingerprint density at radius 2 is 1.64 bits per heavy atom. The van der Waals surface area contributed by atoms with Crippen LogP contribution in [0.25, 0.3) is 0 Å². The molecular formula is C19H24ClN5O2S. The van der Waals surface area contributed by atoms with Crippen LogP contribution < -0.4 is 4.90 Å². The van der Waals surface area contributed by atoms with E-state index < -0.39 is 10.0 Å². The fourth-order valence-electron chi connectivity index (χ4n) is 3.65. The van der Waals surface area contributed by atoms with Crippen molar-refractivity contribution in [3.63, 3.8) is 0 Å². The molecule has 0 amide bonds. The molecule has 0 saturated carbocycles. The van der Waals surface area contributed by atoms with Gasteiger partial charge in [-0.3, -0.25) is 9.88 Å². The number of halogens is 1. The molecular weight excluding hydrogens is 398 g/mol. The SMILES string of the molecule is O=S(=O)(c1ccc(N2CCN(Cc3ccc(Cl)cn3)CC2)nc1)N1CCCC1. The summed E-state index contributed by atoms with van der Waals surface area (Å²) in [5, 5.41) is 0.648. The Bertz CT molecular complexity index is 891. The molecule has 0 aromatic carbocycles. The second-order valence-corrected chi connectivity index (χ2v) is 9.57. The predicted octanol–water partition coefficient (Wildman–Crippen LogP) is 2.24. The molecule has 0 radical (unpaired) electrons. The van der Waals surface area contributed by atoms with Crippen molar-refractivity contribution in [2.24, 2.45) is 0 Å². The molecule has 0 aliphatic carbocycles. The van der Waals surface area contributed by atoms with E-state index in [2.05, 4.69) is 19.8 Å². The number of hydrogen-bond acceptors (Lipinski definition) is 6. The largest absolute Gasteiger partial charge is 0.354 e. The molecule has 2 fully saturated rings. The van der Waals surface area contributed by atoms with E-state index in [4.69, 9.17) is 11.6 Å². The Morgan fingerprint density at radius 1 is 0.893 bits per heavy atom. The van der Waals surface area contributed by atoms with Crippen LogP contribution >= 0.6 is 11.6 Å². The minimum atomic E-state index is -3.40. The van der Waals surface area contributed by atoms with Gasteiger partial charge in [-0.2, -0.15) is 4.31 Å². The van der Waals surface area contributed by atoms with Crippen LogP contribution in [0.2, 0.25) is 5.02 Å². The maximum Gasteiger partial charge on any atom is 0.244 e. The van der Waals surface area contributed by atoms with Crippen LogP contribution in [-0.2, 0) is 16.6 Å². The van der Waals surface area contributed by atoms with E-state index in [9.17, 15) is 8.42 Å². The molecule has 2 aromatic heterocycles. The van der Waals surface area contributed by atoms with E-state index in [0.29, 0.717) is 18.1 Å². The van der Waals surface area contributed by atoms with Crippen molar-refractivity contribution < 1.29 is 8.42 Å². The predicted molar refractivity (Wildman–Crippen MR) is 109 cm³/mol.